The Balaban J connectivity index is 1.40. The van der Waals surface area contributed by atoms with Gasteiger partial charge in [-0.1, -0.05) is 6.07 Å². The molecule has 5 heteroatoms. The maximum absolute atomic E-state index is 5.92. The molecule has 1 aliphatic heterocycles. The minimum Gasteiger partial charge on any atom is -0.477 e. The fraction of sp³-hybridized carbons (Fsp3) is 0.364. The van der Waals surface area contributed by atoms with Crippen LogP contribution >= 0.6 is 0 Å². The van der Waals surface area contributed by atoms with Crippen molar-refractivity contribution in [2.75, 3.05) is 38.7 Å². The van der Waals surface area contributed by atoms with Gasteiger partial charge in [-0.2, -0.15) is 0 Å². The van der Waals surface area contributed by atoms with Gasteiger partial charge in [-0.25, -0.2) is 4.98 Å². The number of aromatic nitrogens is 2. The summed E-state index contributed by atoms with van der Waals surface area (Å²) in [4.78, 5) is 13.2. The SMILES string of the molecule is CN1CCC(COc2ccc(N(C)c3ccc4cnccc4c3)cn2)CC1. The van der Waals surface area contributed by atoms with E-state index in [0.29, 0.717) is 11.8 Å². The molecule has 0 aliphatic carbocycles. The highest BCUT2D eigenvalue weighted by Crippen LogP contribution is 2.27. The van der Waals surface area contributed by atoms with Crippen molar-refractivity contribution in [1.82, 2.24) is 14.9 Å². The highest BCUT2D eigenvalue weighted by molar-refractivity contribution is 5.86. The topological polar surface area (TPSA) is 41.5 Å². The first kappa shape index (κ1) is 17.7. The molecule has 0 amide bonds. The van der Waals surface area contributed by atoms with E-state index in [2.05, 4.69) is 58.1 Å². The van der Waals surface area contributed by atoms with Crippen molar-refractivity contribution in [2.45, 2.75) is 12.8 Å². The lowest BCUT2D eigenvalue weighted by Crippen LogP contribution is -2.32. The number of hydrogen-bond donors (Lipinski definition) is 0. The second-order valence-corrected chi connectivity index (χ2v) is 7.38. The smallest absolute Gasteiger partial charge is 0.213 e. The number of fused-ring (bicyclic) bond motifs is 1. The summed E-state index contributed by atoms with van der Waals surface area (Å²) in [7, 11) is 4.23. The summed E-state index contributed by atoms with van der Waals surface area (Å²) in [5.41, 5.74) is 2.16. The zero-order chi connectivity index (χ0) is 18.6. The summed E-state index contributed by atoms with van der Waals surface area (Å²) >= 11 is 0. The summed E-state index contributed by atoms with van der Waals surface area (Å²) in [5, 5.41) is 2.32. The van der Waals surface area contributed by atoms with Crippen LogP contribution < -0.4 is 9.64 Å². The first-order chi connectivity index (χ1) is 13.2. The lowest BCUT2D eigenvalue weighted by Gasteiger charge is -2.28. The summed E-state index contributed by atoms with van der Waals surface area (Å²) in [5.74, 6) is 1.34. The van der Waals surface area contributed by atoms with Gasteiger partial charge in [0, 0.05) is 36.6 Å². The molecule has 3 aromatic rings. The zero-order valence-electron chi connectivity index (χ0n) is 16.0. The van der Waals surface area contributed by atoms with Crippen LogP contribution in [0.3, 0.4) is 0 Å². The van der Waals surface area contributed by atoms with Crippen molar-refractivity contribution in [2.24, 2.45) is 5.92 Å². The van der Waals surface area contributed by atoms with Gasteiger partial charge in [0.25, 0.3) is 0 Å². The lowest BCUT2D eigenvalue weighted by molar-refractivity contribution is 0.157. The number of hydrogen-bond acceptors (Lipinski definition) is 5. The van der Waals surface area contributed by atoms with E-state index in [9.17, 15) is 0 Å². The molecule has 2 aromatic heterocycles. The van der Waals surface area contributed by atoms with Crippen LogP contribution in [0.2, 0.25) is 0 Å². The number of nitrogens with zero attached hydrogens (tertiary/aromatic N) is 4. The number of likely N-dealkylation sites (tertiary alicyclic amines) is 1. The minimum atomic E-state index is 0.637. The van der Waals surface area contributed by atoms with Crippen molar-refractivity contribution >= 4 is 22.1 Å². The number of pyridine rings is 2. The molecular weight excluding hydrogens is 336 g/mol. The molecule has 140 valence electrons. The third-order valence-corrected chi connectivity index (χ3v) is 5.42. The molecular formula is C22H26N4O. The maximum atomic E-state index is 5.92. The Hall–Kier alpha value is -2.66. The Morgan fingerprint density at radius 2 is 1.85 bits per heavy atom. The molecule has 1 aliphatic rings. The Kier molecular flexibility index (Phi) is 5.21. The standard InChI is InChI=1S/C22H26N4O/c1-25-11-8-17(9-12-25)16-27-22-6-5-21(15-24-22)26(2)20-4-3-19-14-23-10-7-18(19)13-20/h3-7,10,13-15,17H,8-9,11-12,16H2,1-2H3. The molecule has 0 bridgehead atoms. The van der Waals surface area contributed by atoms with Gasteiger partial charge in [0.05, 0.1) is 18.5 Å². The first-order valence-corrected chi connectivity index (χ1v) is 9.54. The van der Waals surface area contributed by atoms with Crippen molar-refractivity contribution < 1.29 is 4.74 Å². The zero-order valence-corrected chi connectivity index (χ0v) is 16.0. The molecule has 0 saturated carbocycles. The molecule has 0 radical (unpaired) electrons. The summed E-state index contributed by atoms with van der Waals surface area (Å²) in [6.07, 6.45) is 7.99. The molecule has 0 spiro atoms. The van der Waals surface area contributed by atoms with E-state index in [4.69, 9.17) is 4.74 Å². The predicted molar refractivity (Wildman–Crippen MR) is 110 cm³/mol. The average molecular weight is 362 g/mol. The minimum absolute atomic E-state index is 0.637. The fourth-order valence-electron chi connectivity index (χ4n) is 3.52. The van der Waals surface area contributed by atoms with E-state index in [0.717, 1.165) is 36.5 Å². The van der Waals surface area contributed by atoms with Gasteiger partial charge in [-0.05, 0) is 68.5 Å². The van der Waals surface area contributed by atoms with Gasteiger partial charge in [-0.15, -0.1) is 0 Å². The quantitative estimate of drug-likeness (QED) is 0.683. The molecule has 0 unspecified atom stereocenters. The summed E-state index contributed by atoms with van der Waals surface area (Å²) in [6.45, 7) is 3.08. The van der Waals surface area contributed by atoms with Crippen LogP contribution in [-0.2, 0) is 0 Å². The number of rotatable bonds is 5. The van der Waals surface area contributed by atoms with Gasteiger partial charge < -0.3 is 14.5 Å². The molecule has 27 heavy (non-hydrogen) atoms. The number of piperidine rings is 1. The average Bonchev–Trinajstić information content (AvgIpc) is 2.73. The Bertz CT molecular complexity index is 888. The van der Waals surface area contributed by atoms with Crippen LogP contribution in [0.4, 0.5) is 11.4 Å². The second kappa shape index (κ2) is 7.92. The van der Waals surface area contributed by atoms with Crippen LogP contribution in [0.1, 0.15) is 12.8 Å². The van der Waals surface area contributed by atoms with Crippen LogP contribution in [0.5, 0.6) is 5.88 Å². The van der Waals surface area contributed by atoms with Crippen LogP contribution in [0.25, 0.3) is 10.8 Å². The van der Waals surface area contributed by atoms with Crippen LogP contribution in [0.15, 0.2) is 55.0 Å². The van der Waals surface area contributed by atoms with Gasteiger partial charge in [0.15, 0.2) is 0 Å². The highest BCUT2D eigenvalue weighted by Gasteiger charge is 2.17. The van der Waals surface area contributed by atoms with E-state index >= 15 is 0 Å². The monoisotopic (exact) mass is 362 g/mol. The third-order valence-electron chi connectivity index (χ3n) is 5.42. The molecule has 0 N–H and O–H groups in total. The van der Waals surface area contributed by atoms with Crippen molar-refractivity contribution in [3.05, 3.63) is 55.0 Å². The first-order valence-electron chi connectivity index (χ1n) is 9.54. The normalized spacial score (nSPS) is 15.8. The molecule has 1 fully saturated rings. The molecule has 1 saturated heterocycles. The van der Waals surface area contributed by atoms with Crippen molar-refractivity contribution in [3.63, 3.8) is 0 Å². The number of ether oxygens (including phenoxy) is 1. The van der Waals surface area contributed by atoms with E-state index in [1.54, 1.807) is 0 Å². The van der Waals surface area contributed by atoms with Gasteiger partial charge >= 0.3 is 0 Å². The summed E-state index contributed by atoms with van der Waals surface area (Å²) in [6, 6.07) is 12.4. The van der Waals surface area contributed by atoms with Crippen molar-refractivity contribution in [3.8, 4) is 5.88 Å². The molecule has 0 atom stereocenters. The Morgan fingerprint density at radius 1 is 1.04 bits per heavy atom. The van der Waals surface area contributed by atoms with Crippen molar-refractivity contribution in [1.29, 1.82) is 0 Å². The van der Waals surface area contributed by atoms with Crippen LogP contribution in [-0.4, -0.2) is 48.7 Å². The largest absolute Gasteiger partial charge is 0.477 e. The van der Waals surface area contributed by atoms with Gasteiger partial charge in [-0.3, -0.25) is 4.98 Å². The van der Waals surface area contributed by atoms with E-state index < -0.39 is 0 Å². The van der Waals surface area contributed by atoms with E-state index in [-0.39, 0.29) is 0 Å². The Morgan fingerprint density at radius 3 is 2.63 bits per heavy atom. The number of benzene rings is 1. The lowest BCUT2D eigenvalue weighted by atomic mass is 9.98. The summed E-state index contributed by atoms with van der Waals surface area (Å²) < 4.78 is 5.92. The predicted octanol–water partition coefficient (Wildman–Crippen LogP) is 4.12. The van der Waals surface area contributed by atoms with Crippen LogP contribution in [0, 0.1) is 5.92 Å². The molecule has 3 heterocycles. The number of anilines is 2. The van der Waals surface area contributed by atoms with E-state index in [1.807, 2.05) is 30.7 Å². The molecule has 1 aromatic carbocycles. The fourth-order valence-corrected chi connectivity index (χ4v) is 3.52. The molecule has 5 nitrogen and oxygen atoms in total. The highest BCUT2D eigenvalue weighted by atomic mass is 16.5. The van der Waals surface area contributed by atoms with E-state index in [1.165, 1.54) is 18.2 Å². The van der Waals surface area contributed by atoms with Gasteiger partial charge in [0.2, 0.25) is 5.88 Å². The molecule has 4 rings (SSSR count). The van der Waals surface area contributed by atoms with Gasteiger partial charge in [0.1, 0.15) is 0 Å². The Labute approximate surface area is 160 Å². The third kappa shape index (κ3) is 4.19. The maximum Gasteiger partial charge on any atom is 0.213 e. The second-order valence-electron chi connectivity index (χ2n) is 7.38.